The molecule has 2 amide bonds. The minimum absolute atomic E-state index is 0.0602. The van der Waals surface area contributed by atoms with E-state index >= 15 is 0 Å². The van der Waals surface area contributed by atoms with Gasteiger partial charge in [-0.3, -0.25) is 9.59 Å². The second kappa shape index (κ2) is 11.5. The van der Waals surface area contributed by atoms with Gasteiger partial charge in [0, 0.05) is 24.2 Å². The van der Waals surface area contributed by atoms with Crippen LogP contribution in [-0.2, 0) is 22.6 Å². The summed E-state index contributed by atoms with van der Waals surface area (Å²) in [6.07, 6.45) is 6.78. The van der Waals surface area contributed by atoms with Crippen LogP contribution in [0.1, 0.15) is 73.4 Å². The van der Waals surface area contributed by atoms with Gasteiger partial charge in [0.1, 0.15) is 6.04 Å². The number of carbonyl (C=O) groups excluding carboxylic acids is 2. The number of benzene rings is 2. The predicted molar refractivity (Wildman–Crippen MR) is 125 cm³/mol. The van der Waals surface area contributed by atoms with Crippen molar-refractivity contribution in [3.05, 3.63) is 65.2 Å². The first-order chi connectivity index (χ1) is 15.5. The van der Waals surface area contributed by atoms with E-state index in [1.54, 1.807) is 18.2 Å². The van der Waals surface area contributed by atoms with Crippen molar-refractivity contribution < 1.29 is 19.5 Å². The van der Waals surface area contributed by atoms with Crippen LogP contribution in [0.25, 0.3) is 0 Å². The Labute approximate surface area is 189 Å². The summed E-state index contributed by atoms with van der Waals surface area (Å²) in [5, 5.41) is 12.6. The standard InChI is InChI=1S/C26H32N2O4/c1-2-3-4-5-9-12-24(29)27-21-15-14-20-18-28(25(30)22(20)17-21)23(26(31)32)16-13-19-10-7-6-8-11-19/h6-8,10-11,14-15,17,23H,2-5,9,12-13,16,18H2,1H3,(H,27,29)(H,31,32)/t23-/m0/s1. The zero-order chi connectivity index (χ0) is 22.9. The molecule has 32 heavy (non-hydrogen) atoms. The highest BCUT2D eigenvalue weighted by atomic mass is 16.4. The van der Waals surface area contributed by atoms with Crippen LogP contribution in [0.4, 0.5) is 5.69 Å². The Hall–Kier alpha value is -3.15. The van der Waals surface area contributed by atoms with E-state index in [2.05, 4.69) is 12.2 Å². The van der Waals surface area contributed by atoms with Crippen molar-refractivity contribution in [3.63, 3.8) is 0 Å². The van der Waals surface area contributed by atoms with Crippen molar-refractivity contribution in [3.8, 4) is 0 Å². The molecule has 0 aliphatic carbocycles. The Morgan fingerprint density at radius 1 is 1.06 bits per heavy atom. The lowest BCUT2D eigenvalue weighted by Crippen LogP contribution is -2.41. The Bertz CT molecular complexity index is 942. The molecular formula is C26H32N2O4. The summed E-state index contributed by atoms with van der Waals surface area (Å²) in [6.45, 7) is 2.43. The first kappa shape index (κ1) is 23.5. The molecule has 1 aliphatic rings. The molecule has 0 radical (unpaired) electrons. The minimum Gasteiger partial charge on any atom is -0.480 e. The van der Waals surface area contributed by atoms with Crippen LogP contribution in [0, 0.1) is 0 Å². The van der Waals surface area contributed by atoms with Crippen LogP contribution in [0.15, 0.2) is 48.5 Å². The fraction of sp³-hybridized carbons (Fsp3) is 0.423. The number of carbonyl (C=O) groups is 3. The summed E-state index contributed by atoms with van der Waals surface area (Å²) in [4.78, 5) is 38.6. The molecule has 0 unspecified atom stereocenters. The van der Waals surface area contributed by atoms with Gasteiger partial charge in [-0.25, -0.2) is 4.79 Å². The molecule has 0 saturated heterocycles. The second-order valence-electron chi connectivity index (χ2n) is 8.40. The maximum atomic E-state index is 13.0. The van der Waals surface area contributed by atoms with Crippen molar-refractivity contribution in [2.24, 2.45) is 0 Å². The molecule has 0 bridgehead atoms. The quantitative estimate of drug-likeness (QED) is 0.457. The molecular weight excluding hydrogens is 404 g/mol. The van der Waals surface area contributed by atoms with Gasteiger partial charge in [0.2, 0.25) is 5.91 Å². The summed E-state index contributed by atoms with van der Waals surface area (Å²) >= 11 is 0. The predicted octanol–water partition coefficient (Wildman–Crippen LogP) is 5.03. The third kappa shape index (κ3) is 6.19. The smallest absolute Gasteiger partial charge is 0.326 e. The van der Waals surface area contributed by atoms with Gasteiger partial charge in [-0.15, -0.1) is 0 Å². The summed E-state index contributed by atoms with van der Waals surface area (Å²) in [7, 11) is 0. The van der Waals surface area contributed by atoms with Crippen molar-refractivity contribution in [1.29, 1.82) is 0 Å². The summed E-state index contributed by atoms with van der Waals surface area (Å²) in [5.41, 5.74) is 2.88. The van der Waals surface area contributed by atoms with E-state index in [0.717, 1.165) is 30.4 Å². The molecule has 3 rings (SSSR count). The number of aryl methyl sites for hydroxylation is 1. The molecule has 0 aromatic heterocycles. The number of carboxylic acid groups (broad SMARTS) is 1. The van der Waals surface area contributed by atoms with Crippen LogP contribution < -0.4 is 5.32 Å². The lowest BCUT2D eigenvalue weighted by molar-refractivity contribution is -0.142. The molecule has 2 aromatic carbocycles. The molecule has 170 valence electrons. The highest BCUT2D eigenvalue weighted by Gasteiger charge is 2.36. The monoisotopic (exact) mass is 436 g/mol. The first-order valence-electron chi connectivity index (χ1n) is 11.5. The Morgan fingerprint density at radius 3 is 2.53 bits per heavy atom. The molecule has 6 nitrogen and oxygen atoms in total. The number of carboxylic acids is 1. The third-order valence-electron chi connectivity index (χ3n) is 5.94. The van der Waals surface area contributed by atoms with Crippen LogP contribution in [0.2, 0.25) is 0 Å². The molecule has 1 heterocycles. The van der Waals surface area contributed by atoms with Crippen LogP contribution in [0.5, 0.6) is 0 Å². The summed E-state index contributed by atoms with van der Waals surface area (Å²) < 4.78 is 0. The number of unbranched alkanes of at least 4 members (excludes halogenated alkanes) is 4. The number of nitrogens with one attached hydrogen (secondary N) is 1. The van der Waals surface area contributed by atoms with Crippen LogP contribution in [-0.4, -0.2) is 33.8 Å². The second-order valence-corrected chi connectivity index (χ2v) is 8.40. The number of amides is 2. The largest absolute Gasteiger partial charge is 0.480 e. The van der Waals surface area contributed by atoms with E-state index in [9.17, 15) is 19.5 Å². The maximum absolute atomic E-state index is 13.0. The molecule has 0 fully saturated rings. The number of nitrogens with zero attached hydrogens (tertiary/aromatic N) is 1. The van der Waals surface area contributed by atoms with Gasteiger partial charge < -0.3 is 15.3 Å². The molecule has 1 atom stereocenters. The third-order valence-corrected chi connectivity index (χ3v) is 5.94. The number of aliphatic carboxylic acids is 1. The lowest BCUT2D eigenvalue weighted by atomic mass is 10.0. The number of rotatable bonds is 12. The van der Waals surface area contributed by atoms with Crippen molar-refractivity contribution in [2.75, 3.05) is 5.32 Å². The normalized spacial score (nSPS) is 13.7. The van der Waals surface area contributed by atoms with Crippen molar-refractivity contribution >= 4 is 23.5 Å². The number of anilines is 1. The number of hydrogen-bond acceptors (Lipinski definition) is 3. The van der Waals surface area contributed by atoms with Crippen LogP contribution >= 0.6 is 0 Å². The van der Waals surface area contributed by atoms with Gasteiger partial charge in [-0.2, -0.15) is 0 Å². The molecule has 2 aromatic rings. The molecule has 1 aliphatic heterocycles. The highest BCUT2D eigenvalue weighted by Crippen LogP contribution is 2.29. The number of hydrogen-bond donors (Lipinski definition) is 2. The molecule has 0 saturated carbocycles. The maximum Gasteiger partial charge on any atom is 0.326 e. The fourth-order valence-electron chi connectivity index (χ4n) is 4.13. The van der Waals surface area contributed by atoms with Crippen LogP contribution in [0.3, 0.4) is 0 Å². The number of fused-ring (bicyclic) bond motifs is 1. The highest BCUT2D eigenvalue weighted by molar-refractivity contribution is 6.02. The molecule has 0 spiro atoms. The van der Waals surface area contributed by atoms with Crippen molar-refractivity contribution in [2.45, 2.75) is 70.9 Å². The fourth-order valence-corrected chi connectivity index (χ4v) is 4.13. The van der Waals surface area contributed by atoms with E-state index < -0.39 is 12.0 Å². The van der Waals surface area contributed by atoms with Gasteiger partial charge >= 0.3 is 5.97 Å². The van der Waals surface area contributed by atoms with E-state index in [1.807, 2.05) is 30.3 Å². The van der Waals surface area contributed by atoms with E-state index in [4.69, 9.17) is 0 Å². The Kier molecular flexibility index (Phi) is 8.42. The first-order valence-corrected chi connectivity index (χ1v) is 11.5. The van der Waals surface area contributed by atoms with Gasteiger partial charge in [0.15, 0.2) is 0 Å². The topological polar surface area (TPSA) is 86.7 Å². The molecule has 2 N–H and O–H groups in total. The zero-order valence-electron chi connectivity index (χ0n) is 18.7. The van der Waals surface area contributed by atoms with E-state index in [-0.39, 0.29) is 18.4 Å². The lowest BCUT2D eigenvalue weighted by Gasteiger charge is -2.24. The Balaban J connectivity index is 1.60. The van der Waals surface area contributed by atoms with Crippen molar-refractivity contribution in [1.82, 2.24) is 4.90 Å². The van der Waals surface area contributed by atoms with Gasteiger partial charge in [0.05, 0.1) is 0 Å². The zero-order valence-corrected chi connectivity index (χ0v) is 18.7. The van der Waals surface area contributed by atoms with E-state index in [0.29, 0.717) is 30.5 Å². The Morgan fingerprint density at radius 2 is 1.81 bits per heavy atom. The van der Waals surface area contributed by atoms with Gasteiger partial charge in [0.25, 0.3) is 5.91 Å². The summed E-state index contributed by atoms with van der Waals surface area (Å²) in [5.74, 6) is -1.36. The minimum atomic E-state index is -1.00. The van der Waals surface area contributed by atoms with E-state index in [1.165, 1.54) is 17.7 Å². The average molecular weight is 437 g/mol. The average Bonchev–Trinajstić information content (AvgIpc) is 3.10. The molecule has 6 heteroatoms. The SMILES string of the molecule is CCCCCCCC(=O)Nc1ccc2c(c1)C(=O)N([C@@H](CCc1ccccc1)C(=O)O)C2. The summed E-state index contributed by atoms with van der Waals surface area (Å²) in [6, 6.07) is 14.0. The van der Waals surface area contributed by atoms with Gasteiger partial charge in [-0.1, -0.05) is 69.0 Å². The van der Waals surface area contributed by atoms with Gasteiger partial charge in [-0.05, 0) is 42.5 Å².